The summed E-state index contributed by atoms with van der Waals surface area (Å²) in [4.78, 5) is 10.9. The maximum absolute atomic E-state index is 10.9. The molecule has 0 fully saturated rings. The lowest BCUT2D eigenvalue weighted by atomic mass is 10.2. The van der Waals surface area contributed by atoms with Crippen LogP contribution in [-0.4, -0.2) is 11.1 Å². The van der Waals surface area contributed by atoms with E-state index in [4.69, 9.17) is 21.4 Å². The Bertz CT molecular complexity index is 582. The molecule has 0 unspecified atom stereocenters. The molecule has 1 aromatic carbocycles. The van der Waals surface area contributed by atoms with Crippen molar-refractivity contribution in [3.63, 3.8) is 0 Å². The number of aromatic carboxylic acids is 1. The van der Waals surface area contributed by atoms with Gasteiger partial charge in [-0.1, -0.05) is 11.6 Å². The number of ether oxygens (including phenoxy) is 1. The summed E-state index contributed by atoms with van der Waals surface area (Å²) in [5, 5.41) is 11.1. The first-order chi connectivity index (χ1) is 8.56. The smallest absolute Gasteiger partial charge is 0.337 e. The van der Waals surface area contributed by atoms with E-state index in [1.807, 2.05) is 11.4 Å². The van der Waals surface area contributed by atoms with Gasteiger partial charge in [-0.2, -0.15) is 0 Å². The van der Waals surface area contributed by atoms with Crippen molar-refractivity contribution in [3.05, 3.63) is 49.6 Å². The van der Waals surface area contributed by atoms with Crippen LogP contribution in [0.4, 0.5) is 0 Å². The first kappa shape index (κ1) is 13.4. The molecule has 0 saturated heterocycles. The molecule has 6 heteroatoms. The Morgan fingerprint density at radius 3 is 2.83 bits per heavy atom. The van der Waals surface area contributed by atoms with Gasteiger partial charge in [0.1, 0.15) is 12.4 Å². The van der Waals surface area contributed by atoms with Gasteiger partial charge in [-0.05, 0) is 45.6 Å². The molecule has 18 heavy (non-hydrogen) atoms. The third-order valence-corrected chi connectivity index (χ3v) is 4.08. The zero-order valence-corrected chi connectivity index (χ0v) is 12.2. The molecule has 0 aliphatic carbocycles. The van der Waals surface area contributed by atoms with Crippen molar-refractivity contribution < 1.29 is 14.6 Å². The van der Waals surface area contributed by atoms with E-state index in [9.17, 15) is 4.79 Å². The molecule has 2 aromatic rings. The number of benzene rings is 1. The maximum Gasteiger partial charge on any atom is 0.337 e. The first-order valence-corrected chi connectivity index (χ1v) is 7.00. The van der Waals surface area contributed by atoms with Crippen molar-refractivity contribution in [2.45, 2.75) is 6.61 Å². The van der Waals surface area contributed by atoms with Crippen LogP contribution in [0.3, 0.4) is 0 Å². The molecule has 0 atom stereocenters. The van der Waals surface area contributed by atoms with Gasteiger partial charge in [0.25, 0.3) is 0 Å². The fraction of sp³-hybridized carbons (Fsp3) is 0.0833. The van der Waals surface area contributed by atoms with Crippen LogP contribution in [0.15, 0.2) is 33.4 Å². The van der Waals surface area contributed by atoms with Crippen LogP contribution in [0.5, 0.6) is 5.75 Å². The number of halogens is 2. The third kappa shape index (κ3) is 3.25. The Balaban J connectivity index is 2.10. The first-order valence-electron chi connectivity index (χ1n) is 4.95. The van der Waals surface area contributed by atoms with Crippen molar-refractivity contribution >= 4 is 44.8 Å². The van der Waals surface area contributed by atoms with Gasteiger partial charge in [0.05, 0.1) is 14.4 Å². The zero-order valence-electron chi connectivity index (χ0n) is 9.02. The Morgan fingerprint density at radius 2 is 2.22 bits per heavy atom. The van der Waals surface area contributed by atoms with E-state index >= 15 is 0 Å². The molecule has 0 amide bonds. The summed E-state index contributed by atoms with van der Waals surface area (Å²) in [5.41, 5.74) is 1.07. The summed E-state index contributed by atoms with van der Waals surface area (Å²) in [6.45, 7) is 0.392. The molecular weight excluding hydrogens is 340 g/mol. The summed E-state index contributed by atoms with van der Waals surface area (Å²) >= 11 is 10.7. The van der Waals surface area contributed by atoms with Crippen LogP contribution in [0, 0.1) is 0 Å². The van der Waals surface area contributed by atoms with Crippen molar-refractivity contribution in [2.75, 3.05) is 0 Å². The van der Waals surface area contributed by atoms with Gasteiger partial charge in [-0.25, -0.2) is 4.79 Å². The van der Waals surface area contributed by atoms with E-state index < -0.39 is 5.97 Å². The second-order valence-corrected chi connectivity index (χ2v) is 6.19. The summed E-state index contributed by atoms with van der Waals surface area (Å²) in [7, 11) is 0. The molecule has 2 rings (SSSR count). The average molecular weight is 348 g/mol. The van der Waals surface area contributed by atoms with Gasteiger partial charge >= 0.3 is 5.97 Å². The van der Waals surface area contributed by atoms with Gasteiger partial charge in [-0.3, -0.25) is 0 Å². The molecule has 1 aromatic heterocycles. The largest absolute Gasteiger partial charge is 0.489 e. The van der Waals surface area contributed by atoms with Crippen LogP contribution in [0.1, 0.15) is 15.9 Å². The van der Waals surface area contributed by atoms with Crippen LogP contribution in [0.2, 0.25) is 5.02 Å². The van der Waals surface area contributed by atoms with Crippen molar-refractivity contribution in [3.8, 4) is 5.75 Å². The molecule has 0 spiro atoms. The minimum atomic E-state index is -1.07. The number of thiophene rings is 1. The maximum atomic E-state index is 10.9. The number of rotatable bonds is 4. The lowest BCUT2D eigenvalue weighted by molar-refractivity contribution is 0.0696. The third-order valence-electron chi connectivity index (χ3n) is 2.20. The number of carbonyl (C=O) groups is 1. The number of carboxylic acids is 1. The predicted octanol–water partition coefficient (Wildman–Crippen LogP) is 4.44. The highest BCUT2D eigenvalue weighted by molar-refractivity contribution is 9.11. The van der Waals surface area contributed by atoms with Crippen molar-refractivity contribution in [1.29, 1.82) is 0 Å². The monoisotopic (exact) mass is 346 g/mol. The molecule has 1 heterocycles. The Labute approximate surface area is 121 Å². The van der Waals surface area contributed by atoms with Gasteiger partial charge in [0, 0.05) is 5.56 Å². The quantitative estimate of drug-likeness (QED) is 0.889. The topological polar surface area (TPSA) is 46.5 Å². The molecule has 94 valence electrons. The Morgan fingerprint density at radius 1 is 1.44 bits per heavy atom. The molecule has 1 N–H and O–H groups in total. The zero-order chi connectivity index (χ0) is 13.1. The van der Waals surface area contributed by atoms with Crippen LogP contribution in [0.25, 0.3) is 0 Å². The van der Waals surface area contributed by atoms with Gasteiger partial charge in [0.2, 0.25) is 0 Å². The minimum Gasteiger partial charge on any atom is -0.489 e. The second-order valence-electron chi connectivity index (χ2n) is 3.49. The summed E-state index contributed by atoms with van der Waals surface area (Å²) in [5.74, 6) is -0.581. The summed E-state index contributed by atoms with van der Waals surface area (Å²) in [6, 6.07) is 6.55. The van der Waals surface area contributed by atoms with E-state index in [0.29, 0.717) is 12.4 Å². The second kappa shape index (κ2) is 5.73. The van der Waals surface area contributed by atoms with E-state index in [0.717, 1.165) is 9.35 Å². The van der Waals surface area contributed by atoms with E-state index in [-0.39, 0.29) is 10.6 Å². The molecule has 0 aliphatic rings. The Kier molecular flexibility index (Phi) is 4.27. The highest BCUT2D eigenvalue weighted by Crippen LogP contribution is 2.25. The highest BCUT2D eigenvalue weighted by Gasteiger charge is 2.10. The fourth-order valence-corrected chi connectivity index (χ4v) is 2.74. The molecule has 0 aliphatic heterocycles. The summed E-state index contributed by atoms with van der Waals surface area (Å²) in [6.07, 6.45) is 0. The fourth-order valence-electron chi connectivity index (χ4n) is 1.35. The number of carboxylic acid groups (broad SMARTS) is 1. The van der Waals surface area contributed by atoms with Gasteiger partial charge < -0.3 is 9.84 Å². The molecule has 0 bridgehead atoms. The summed E-state index contributed by atoms with van der Waals surface area (Å²) < 4.78 is 6.55. The van der Waals surface area contributed by atoms with Crippen LogP contribution < -0.4 is 4.74 Å². The normalized spacial score (nSPS) is 10.3. The van der Waals surface area contributed by atoms with E-state index in [1.165, 1.54) is 12.1 Å². The van der Waals surface area contributed by atoms with E-state index in [1.54, 1.807) is 17.4 Å². The minimum absolute atomic E-state index is 0.0423. The number of hydrogen-bond donors (Lipinski definition) is 1. The van der Waals surface area contributed by atoms with Crippen molar-refractivity contribution in [2.24, 2.45) is 0 Å². The number of hydrogen-bond acceptors (Lipinski definition) is 3. The average Bonchev–Trinajstić information content (AvgIpc) is 2.74. The predicted molar refractivity (Wildman–Crippen MR) is 74.8 cm³/mol. The van der Waals surface area contributed by atoms with Crippen molar-refractivity contribution in [1.82, 2.24) is 0 Å². The van der Waals surface area contributed by atoms with Gasteiger partial charge in [0.15, 0.2) is 0 Å². The molecule has 0 radical (unpaired) electrons. The van der Waals surface area contributed by atoms with Crippen LogP contribution in [-0.2, 0) is 6.61 Å². The van der Waals surface area contributed by atoms with E-state index in [2.05, 4.69) is 15.9 Å². The Hall–Kier alpha value is -1.04. The highest BCUT2D eigenvalue weighted by atomic mass is 79.9. The molecular formula is C12H8BrClO3S. The SMILES string of the molecule is O=C(O)c1cc(OCc2csc(Br)c2)ccc1Cl. The molecule has 0 saturated carbocycles. The van der Waals surface area contributed by atoms with Gasteiger partial charge in [-0.15, -0.1) is 11.3 Å². The lowest BCUT2D eigenvalue weighted by Gasteiger charge is -2.06. The standard InChI is InChI=1S/C12H8BrClO3S/c13-11-3-7(6-18-11)5-17-8-1-2-10(14)9(4-8)12(15)16/h1-4,6H,5H2,(H,15,16). The van der Waals surface area contributed by atoms with Crippen LogP contribution >= 0.6 is 38.9 Å². The lowest BCUT2D eigenvalue weighted by Crippen LogP contribution is -1.99. The molecule has 3 nitrogen and oxygen atoms in total.